The molecular weight excluding hydrogens is 556 g/mol. The lowest BCUT2D eigenvalue weighted by Crippen LogP contribution is -2.32. The summed E-state index contributed by atoms with van der Waals surface area (Å²) in [6.45, 7) is 0.910. The van der Waals surface area contributed by atoms with E-state index in [1.807, 2.05) is 0 Å². The highest BCUT2D eigenvalue weighted by atomic mass is 19.4. The molecule has 0 radical (unpaired) electrons. The topological polar surface area (TPSA) is 103 Å². The normalized spacial score (nSPS) is 18.0. The Bertz CT molecular complexity index is 1700. The number of aromatic amines is 1. The molecule has 4 aromatic rings. The third-order valence-electron chi connectivity index (χ3n) is 7.05. The number of ether oxygens (including phenoxy) is 1. The van der Waals surface area contributed by atoms with Gasteiger partial charge in [-0.25, -0.2) is 28.2 Å². The molecular formula is C27H23F6N5O3. The zero-order chi connectivity index (χ0) is 29.5. The van der Waals surface area contributed by atoms with Crippen LogP contribution in [-0.2, 0) is 18.6 Å². The van der Waals surface area contributed by atoms with E-state index in [0.29, 0.717) is 38.0 Å². The smallest absolute Gasteiger partial charge is 0.425 e. The van der Waals surface area contributed by atoms with Crippen molar-refractivity contribution >= 4 is 10.8 Å². The van der Waals surface area contributed by atoms with Crippen molar-refractivity contribution in [3.8, 4) is 17.1 Å². The number of halogens is 6. The molecule has 216 valence electrons. The SMILES string of the molecule is CC(F)(F)c1cnc(-c2cc3ccn(C[C@@H]4CCC[C@H](Oc5cn[nH]c(=O)c5C(F)(F)F)C4)c(=O)c3cc2F)nc1. The van der Waals surface area contributed by atoms with Gasteiger partial charge in [-0.05, 0) is 55.2 Å². The van der Waals surface area contributed by atoms with Gasteiger partial charge in [-0.2, -0.15) is 18.3 Å². The second-order valence-electron chi connectivity index (χ2n) is 10.1. The Hall–Kier alpha value is -4.23. The molecule has 0 bridgehead atoms. The molecule has 0 amide bonds. The predicted octanol–water partition coefficient (Wildman–Crippen LogP) is 5.45. The van der Waals surface area contributed by atoms with Crippen molar-refractivity contribution in [1.29, 1.82) is 0 Å². The maximum absolute atomic E-state index is 15.0. The predicted molar refractivity (Wildman–Crippen MR) is 135 cm³/mol. The number of nitrogens with one attached hydrogen (secondary N) is 1. The van der Waals surface area contributed by atoms with Crippen LogP contribution in [0.2, 0.25) is 0 Å². The van der Waals surface area contributed by atoms with Crippen LogP contribution in [0.5, 0.6) is 5.75 Å². The molecule has 3 heterocycles. The molecule has 1 fully saturated rings. The van der Waals surface area contributed by atoms with Crippen LogP contribution in [0.1, 0.15) is 43.7 Å². The number of H-pyrrole nitrogens is 1. The number of hydrogen-bond donors (Lipinski definition) is 1. The van der Waals surface area contributed by atoms with E-state index < -0.39 is 52.0 Å². The Morgan fingerprint density at radius 1 is 1.07 bits per heavy atom. The minimum atomic E-state index is -4.92. The lowest BCUT2D eigenvalue weighted by Gasteiger charge is -2.30. The van der Waals surface area contributed by atoms with Crippen LogP contribution in [0.15, 0.2) is 52.6 Å². The fourth-order valence-corrected chi connectivity index (χ4v) is 5.03. The molecule has 0 unspecified atom stereocenters. The van der Waals surface area contributed by atoms with E-state index in [0.717, 1.165) is 24.7 Å². The van der Waals surface area contributed by atoms with E-state index in [9.17, 15) is 31.5 Å². The molecule has 0 spiro atoms. The zero-order valence-corrected chi connectivity index (χ0v) is 21.5. The Kier molecular flexibility index (Phi) is 7.34. The fraction of sp³-hybridized carbons (Fsp3) is 0.370. The Morgan fingerprint density at radius 2 is 1.80 bits per heavy atom. The number of benzene rings is 1. The van der Waals surface area contributed by atoms with Crippen LogP contribution in [0, 0.1) is 11.7 Å². The third kappa shape index (κ3) is 5.95. The number of fused-ring (bicyclic) bond motifs is 1. The van der Waals surface area contributed by atoms with Gasteiger partial charge in [0.1, 0.15) is 5.82 Å². The lowest BCUT2D eigenvalue weighted by molar-refractivity contribution is -0.140. The summed E-state index contributed by atoms with van der Waals surface area (Å²) in [6, 6.07) is 4.01. The van der Waals surface area contributed by atoms with Gasteiger partial charge in [-0.3, -0.25) is 9.59 Å². The summed E-state index contributed by atoms with van der Waals surface area (Å²) >= 11 is 0. The average molecular weight is 580 g/mol. The number of aromatic nitrogens is 5. The summed E-state index contributed by atoms with van der Waals surface area (Å²) in [5.41, 5.74) is -3.80. The first kappa shape index (κ1) is 28.3. The summed E-state index contributed by atoms with van der Waals surface area (Å²) in [5.74, 6) is -4.86. The number of hydrogen-bond acceptors (Lipinski definition) is 6. The molecule has 1 saturated carbocycles. The maximum Gasteiger partial charge on any atom is 0.425 e. The van der Waals surface area contributed by atoms with Crippen molar-refractivity contribution in [2.24, 2.45) is 5.92 Å². The fourth-order valence-electron chi connectivity index (χ4n) is 5.03. The molecule has 1 aliphatic carbocycles. The van der Waals surface area contributed by atoms with Gasteiger partial charge in [0, 0.05) is 32.1 Å². The van der Waals surface area contributed by atoms with Crippen molar-refractivity contribution in [2.75, 3.05) is 0 Å². The minimum absolute atomic E-state index is 0.0552. The molecule has 1 N–H and O–H groups in total. The highest BCUT2D eigenvalue weighted by molar-refractivity contribution is 5.86. The highest BCUT2D eigenvalue weighted by Crippen LogP contribution is 2.36. The van der Waals surface area contributed by atoms with Crippen LogP contribution in [0.25, 0.3) is 22.2 Å². The van der Waals surface area contributed by atoms with Gasteiger partial charge in [0.15, 0.2) is 17.1 Å². The van der Waals surface area contributed by atoms with Gasteiger partial charge in [0.2, 0.25) is 0 Å². The first-order valence-electron chi connectivity index (χ1n) is 12.7. The average Bonchev–Trinajstić information content (AvgIpc) is 2.89. The van der Waals surface area contributed by atoms with Gasteiger partial charge in [-0.1, -0.05) is 0 Å². The van der Waals surface area contributed by atoms with Gasteiger partial charge in [0.25, 0.3) is 17.0 Å². The summed E-state index contributed by atoms with van der Waals surface area (Å²) in [7, 11) is 0. The first-order chi connectivity index (χ1) is 19.3. The molecule has 1 aromatic carbocycles. The molecule has 0 saturated heterocycles. The lowest BCUT2D eigenvalue weighted by atomic mass is 9.87. The monoisotopic (exact) mass is 579 g/mol. The van der Waals surface area contributed by atoms with Gasteiger partial charge in [-0.15, -0.1) is 0 Å². The summed E-state index contributed by atoms with van der Waals surface area (Å²) < 4.78 is 89.1. The van der Waals surface area contributed by atoms with Crippen molar-refractivity contribution < 1.29 is 31.1 Å². The second kappa shape index (κ2) is 10.6. The first-order valence-corrected chi connectivity index (χ1v) is 12.7. The number of alkyl halides is 5. The van der Waals surface area contributed by atoms with E-state index in [2.05, 4.69) is 15.1 Å². The Labute approximate surface area is 228 Å². The highest BCUT2D eigenvalue weighted by Gasteiger charge is 2.39. The second-order valence-corrected chi connectivity index (χ2v) is 10.1. The Balaban J connectivity index is 1.35. The largest absolute Gasteiger partial charge is 0.488 e. The standard InChI is InChI=1S/C27H23F6N5O3/c1-26(29,30)16-10-34-23(35-11-16)19-8-15-5-6-38(25(40)18(15)9-20(19)28)13-14-3-2-4-17(7-14)41-21-12-36-37-24(39)22(21)27(31,32)33/h5-6,8-12,14,17H,2-4,7,13H2,1H3,(H,37,39)/t14-,17+/m1/s1. The van der Waals surface area contributed by atoms with E-state index in [-0.39, 0.29) is 29.2 Å². The number of nitrogens with zero attached hydrogens (tertiary/aromatic N) is 4. The van der Waals surface area contributed by atoms with Gasteiger partial charge in [0.05, 0.1) is 28.8 Å². The third-order valence-corrected chi connectivity index (χ3v) is 7.05. The molecule has 14 heteroatoms. The molecule has 5 rings (SSSR count). The summed E-state index contributed by atoms with van der Waals surface area (Å²) in [5, 5.41) is 5.66. The molecule has 8 nitrogen and oxygen atoms in total. The van der Waals surface area contributed by atoms with Gasteiger partial charge >= 0.3 is 6.18 Å². The molecule has 41 heavy (non-hydrogen) atoms. The molecule has 0 aliphatic heterocycles. The summed E-state index contributed by atoms with van der Waals surface area (Å²) in [6.07, 6.45) is 0.720. The molecule has 2 atom stereocenters. The van der Waals surface area contributed by atoms with Crippen LogP contribution in [0.4, 0.5) is 26.3 Å². The van der Waals surface area contributed by atoms with Crippen LogP contribution >= 0.6 is 0 Å². The van der Waals surface area contributed by atoms with Crippen LogP contribution < -0.4 is 15.9 Å². The molecule has 1 aliphatic rings. The van der Waals surface area contributed by atoms with Crippen molar-refractivity contribution in [1.82, 2.24) is 24.7 Å². The quantitative estimate of drug-likeness (QED) is 0.305. The number of rotatable bonds is 6. The summed E-state index contributed by atoms with van der Waals surface area (Å²) in [4.78, 5) is 32.6. The van der Waals surface area contributed by atoms with Gasteiger partial charge < -0.3 is 9.30 Å². The Morgan fingerprint density at radius 3 is 2.49 bits per heavy atom. The van der Waals surface area contributed by atoms with E-state index in [1.54, 1.807) is 11.2 Å². The zero-order valence-electron chi connectivity index (χ0n) is 21.5. The van der Waals surface area contributed by atoms with E-state index in [1.165, 1.54) is 16.8 Å². The number of pyridine rings is 1. The maximum atomic E-state index is 15.0. The van der Waals surface area contributed by atoms with E-state index in [4.69, 9.17) is 4.74 Å². The van der Waals surface area contributed by atoms with Crippen molar-refractivity contribution in [3.05, 3.63) is 80.6 Å². The van der Waals surface area contributed by atoms with E-state index >= 15 is 4.39 Å². The van der Waals surface area contributed by atoms with Crippen molar-refractivity contribution in [2.45, 2.75) is 57.4 Å². The van der Waals surface area contributed by atoms with Crippen LogP contribution in [-0.4, -0.2) is 30.8 Å². The minimum Gasteiger partial charge on any atom is -0.488 e. The van der Waals surface area contributed by atoms with Crippen LogP contribution in [0.3, 0.4) is 0 Å². The van der Waals surface area contributed by atoms with Crippen molar-refractivity contribution in [3.63, 3.8) is 0 Å². The molecule has 3 aromatic heterocycles.